The van der Waals surface area contributed by atoms with Crippen LogP contribution >= 0.6 is 0 Å². The van der Waals surface area contributed by atoms with Crippen molar-refractivity contribution in [2.45, 2.75) is 33.7 Å². The molecule has 0 aromatic carbocycles. The van der Waals surface area contributed by atoms with E-state index in [0.29, 0.717) is 6.04 Å². The molecule has 0 unspecified atom stereocenters. The Hall–Kier alpha value is -1.05. The lowest BCUT2D eigenvalue weighted by Gasteiger charge is -2.10. The Morgan fingerprint density at radius 3 is 2.50 bits per heavy atom. The number of imidazole rings is 1. The molecule has 0 radical (unpaired) electrons. The predicted octanol–water partition coefficient (Wildman–Crippen LogP) is 2.81. The summed E-state index contributed by atoms with van der Waals surface area (Å²) in [7, 11) is 0. The summed E-state index contributed by atoms with van der Waals surface area (Å²) in [6.07, 6.45) is 2.06. The van der Waals surface area contributed by atoms with Gasteiger partial charge in [-0.15, -0.1) is 0 Å². The molecule has 1 aromatic heterocycles. The number of allylic oxidation sites excluding steroid dienone is 1. The van der Waals surface area contributed by atoms with Gasteiger partial charge in [0.2, 0.25) is 0 Å². The monoisotopic (exact) mass is 164 g/mol. The maximum atomic E-state index is 4.39. The minimum Gasteiger partial charge on any atom is -0.329 e. The maximum absolute atomic E-state index is 4.39. The molecule has 0 aliphatic rings. The van der Waals surface area contributed by atoms with E-state index in [2.05, 4.69) is 36.2 Å². The van der Waals surface area contributed by atoms with Crippen molar-refractivity contribution in [1.29, 1.82) is 0 Å². The molecule has 0 amide bonds. The van der Waals surface area contributed by atoms with Crippen molar-refractivity contribution in [2.24, 2.45) is 0 Å². The highest BCUT2D eigenvalue weighted by molar-refractivity contribution is 5.55. The Morgan fingerprint density at radius 2 is 2.17 bits per heavy atom. The van der Waals surface area contributed by atoms with Crippen LogP contribution in [0.3, 0.4) is 0 Å². The molecular weight excluding hydrogens is 148 g/mol. The van der Waals surface area contributed by atoms with Gasteiger partial charge in [-0.25, -0.2) is 4.98 Å². The van der Waals surface area contributed by atoms with E-state index >= 15 is 0 Å². The van der Waals surface area contributed by atoms with Gasteiger partial charge >= 0.3 is 0 Å². The molecule has 0 saturated heterocycles. The van der Waals surface area contributed by atoms with Crippen molar-refractivity contribution in [2.75, 3.05) is 0 Å². The summed E-state index contributed by atoms with van der Waals surface area (Å²) in [6, 6.07) is 0.456. The van der Waals surface area contributed by atoms with E-state index in [-0.39, 0.29) is 0 Å². The van der Waals surface area contributed by atoms with Crippen LogP contribution < -0.4 is 0 Å². The van der Waals surface area contributed by atoms with Crippen LogP contribution in [0.2, 0.25) is 0 Å². The standard InChI is InChI=1S/C10H16N2/c1-7(2)10-11-9(5)6-12(10)8(3)4/h6,8H,1H2,2-5H3. The average Bonchev–Trinajstić information content (AvgIpc) is 2.31. The fraction of sp³-hybridized carbons (Fsp3) is 0.500. The van der Waals surface area contributed by atoms with Crippen molar-refractivity contribution in [3.63, 3.8) is 0 Å². The van der Waals surface area contributed by atoms with Crippen molar-refractivity contribution in [3.05, 3.63) is 24.3 Å². The first kappa shape index (κ1) is 9.04. The summed E-state index contributed by atoms with van der Waals surface area (Å²) < 4.78 is 2.15. The molecule has 12 heavy (non-hydrogen) atoms. The van der Waals surface area contributed by atoms with E-state index in [1.54, 1.807) is 0 Å². The van der Waals surface area contributed by atoms with Crippen molar-refractivity contribution in [1.82, 2.24) is 9.55 Å². The van der Waals surface area contributed by atoms with Gasteiger partial charge < -0.3 is 4.57 Å². The molecule has 1 heterocycles. The molecule has 2 nitrogen and oxygen atoms in total. The highest BCUT2D eigenvalue weighted by Crippen LogP contribution is 2.16. The number of hydrogen-bond acceptors (Lipinski definition) is 1. The zero-order chi connectivity index (χ0) is 9.30. The van der Waals surface area contributed by atoms with Gasteiger partial charge in [-0.1, -0.05) is 6.58 Å². The number of aromatic nitrogens is 2. The van der Waals surface area contributed by atoms with E-state index in [1.165, 1.54) is 0 Å². The Morgan fingerprint density at radius 1 is 1.58 bits per heavy atom. The van der Waals surface area contributed by atoms with Gasteiger partial charge in [0.1, 0.15) is 5.82 Å². The average molecular weight is 164 g/mol. The van der Waals surface area contributed by atoms with Gasteiger partial charge in [-0.3, -0.25) is 0 Å². The molecule has 0 aliphatic heterocycles. The topological polar surface area (TPSA) is 17.8 Å². The fourth-order valence-corrected chi connectivity index (χ4v) is 1.23. The van der Waals surface area contributed by atoms with Crippen molar-refractivity contribution in [3.8, 4) is 0 Å². The van der Waals surface area contributed by atoms with Crippen molar-refractivity contribution >= 4 is 5.57 Å². The van der Waals surface area contributed by atoms with Gasteiger partial charge in [-0.2, -0.15) is 0 Å². The molecule has 0 fully saturated rings. The molecular formula is C10H16N2. The van der Waals surface area contributed by atoms with Gasteiger partial charge in [0.05, 0.1) is 5.69 Å². The van der Waals surface area contributed by atoms with E-state index in [9.17, 15) is 0 Å². The third kappa shape index (κ3) is 1.58. The normalized spacial score (nSPS) is 10.8. The minimum atomic E-state index is 0.456. The summed E-state index contributed by atoms with van der Waals surface area (Å²) in [5.41, 5.74) is 2.08. The largest absolute Gasteiger partial charge is 0.329 e. The van der Waals surface area contributed by atoms with E-state index in [1.807, 2.05) is 13.8 Å². The molecule has 0 bridgehead atoms. The molecule has 0 atom stereocenters. The summed E-state index contributed by atoms with van der Waals surface area (Å²) in [5, 5.41) is 0. The molecule has 66 valence electrons. The number of aryl methyl sites for hydroxylation is 1. The van der Waals surface area contributed by atoms with Crippen LogP contribution in [0.25, 0.3) is 5.57 Å². The van der Waals surface area contributed by atoms with E-state index < -0.39 is 0 Å². The highest BCUT2D eigenvalue weighted by Gasteiger charge is 2.07. The van der Waals surface area contributed by atoms with Crippen LogP contribution in [0.5, 0.6) is 0 Å². The number of rotatable bonds is 2. The summed E-state index contributed by atoms with van der Waals surface area (Å²) in [6.45, 7) is 12.2. The zero-order valence-corrected chi connectivity index (χ0v) is 8.26. The van der Waals surface area contributed by atoms with E-state index in [0.717, 1.165) is 17.1 Å². The minimum absolute atomic E-state index is 0.456. The van der Waals surface area contributed by atoms with Gasteiger partial charge in [-0.05, 0) is 33.3 Å². The SMILES string of the molecule is C=C(C)c1nc(C)cn1C(C)C. The molecule has 0 saturated carbocycles. The van der Waals surface area contributed by atoms with Gasteiger partial charge in [0.25, 0.3) is 0 Å². The second-order valence-electron chi connectivity index (χ2n) is 3.49. The number of nitrogens with zero attached hydrogens (tertiary/aromatic N) is 2. The Bertz CT molecular complexity index is 295. The van der Waals surface area contributed by atoms with E-state index in [4.69, 9.17) is 0 Å². The lowest BCUT2D eigenvalue weighted by Crippen LogP contribution is -2.03. The second kappa shape index (κ2) is 3.13. The second-order valence-corrected chi connectivity index (χ2v) is 3.49. The zero-order valence-electron chi connectivity index (χ0n) is 8.26. The molecule has 2 heteroatoms. The third-order valence-corrected chi connectivity index (χ3v) is 1.79. The first-order valence-corrected chi connectivity index (χ1v) is 4.23. The van der Waals surface area contributed by atoms with Gasteiger partial charge in [0.15, 0.2) is 0 Å². The number of hydrogen-bond donors (Lipinski definition) is 0. The van der Waals surface area contributed by atoms with Gasteiger partial charge in [0, 0.05) is 12.2 Å². The molecule has 0 aliphatic carbocycles. The molecule has 1 rings (SSSR count). The first-order chi connectivity index (χ1) is 5.52. The van der Waals surface area contributed by atoms with Crippen LogP contribution in [-0.4, -0.2) is 9.55 Å². The summed E-state index contributed by atoms with van der Waals surface area (Å²) >= 11 is 0. The Labute approximate surface area is 73.9 Å². The summed E-state index contributed by atoms with van der Waals surface area (Å²) in [4.78, 5) is 4.39. The van der Waals surface area contributed by atoms with Crippen LogP contribution in [-0.2, 0) is 0 Å². The lowest BCUT2D eigenvalue weighted by atomic mass is 10.3. The van der Waals surface area contributed by atoms with Crippen LogP contribution in [0.4, 0.5) is 0 Å². The lowest BCUT2D eigenvalue weighted by molar-refractivity contribution is 0.592. The predicted molar refractivity (Wildman–Crippen MR) is 52.1 cm³/mol. The highest BCUT2D eigenvalue weighted by atomic mass is 15.1. The smallest absolute Gasteiger partial charge is 0.135 e. The third-order valence-electron chi connectivity index (χ3n) is 1.79. The quantitative estimate of drug-likeness (QED) is 0.657. The molecule has 0 N–H and O–H groups in total. The summed E-state index contributed by atoms with van der Waals surface area (Å²) in [5.74, 6) is 1.00. The van der Waals surface area contributed by atoms with Crippen LogP contribution in [0, 0.1) is 6.92 Å². The maximum Gasteiger partial charge on any atom is 0.135 e. The Kier molecular flexibility index (Phi) is 2.36. The Balaban J connectivity index is 3.17. The van der Waals surface area contributed by atoms with Crippen LogP contribution in [0.15, 0.2) is 12.8 Å². The van der Waals surface area contributed by atoms with Crippen LogP contribution in [0.1, 0.15) is 38.3 Å². The van der Waals surface area contributed by atoms with Crippen molar-refractivity contribution < 1.29 is 0 Å². The molecule has 1 aromatic rings. The first-order valence-electron chi connectivity index (χ1n) is 4.23. The fourth-order valence-electron chi connectivity index (χ4n) is 1.23. The molecule has 0 spiro atoms.